The fraction of sp³-hybridized carbons (Fsp3) is 0.409. The van der Waals surface area contributed by atoms with Gasteiger partial charge in [0.2, 0.25) is 10.0 Å². The van der Waals surface area contributed by atoms with E-state index in [0.29, 0.717) is 48.5 Å². The molecule has 0 unspecified atom stereocenters. The summed E-state index contributed by atoms with van der Waals surface area (Å²) >= 11 is 0. The van der Waals surface area contributed by atoms with Crippen molar-refractivity contribution in [1.82, 2.24) is 14.9 Å². The van der Waals surface area contributed by atoms with Gasteiger partial charge in [-0.05, 0) is 48.2 Å². The van der Waals surface area contributed by atoms with Gasteiger partial charge in [0.05, 0.1) is 19.1 Å². The number of hydrogen-bond acceptors (Lipinski definition) is 5. The van der Waals surface area contributed by atoms with Gasteiger partial charge in [0.1, 0.15) is 0 Å². The summed E-state index contributed by atoms with van der Waals surface area (Å²) in [6.45, 7) is 2.30. The van der Waals surface area contributed by atoms with Crippen LogP contribution in [0.2, 0.25) is 0 Å². The van der Waals surface area contributed by atoms with Gasteiger partial charge >= 0.3 is 0 Å². The molecular weight excluding hydrogens is 416 g/mol. The second-order valence-electron chi connectivity index (χ2n) is 7.22. The Bertz CT molecular complexity index is 1000. The van der Waals surface area contributed by atoms with Crippen LogP contribution in [0.25, 0.3) is 0 Å². The Labute approximate surface area is 184 Å². The van der Waals surface area contributed by atoms with Crippen LogP contribution >= 0.6 is 0 Å². The van der Waals surface area contributed by atoms with Gasteiger partial charge in [-0.25, -0.2) is 8.42 Å². The topological polar surface area (TPSA) is 92.3 Å². The maximum atomic E-state index is 12.6. The van der Waals surface area contributed by atoms with Gasteiger partial charge in [0, 0.05) is 33.2 Å². The first-order valence-corrected chi connectivity index (χ1v) is 11.7. The van der Waals surface area contributed by atoms with Crippen LogP contribution in [0.1, 0.15) is 24.0 Å². The van der Waals surface area contributed by atoms with Crippen molar-refractivity contribution in [2.24, 2.45) is 4.99 Å². The molecule has 1 fully saturated rings. The fourth-order valence-electron chi connectivity index (χ4n) is 3.44. The minimum absolute atomic E-state index is 0.342. The summed E-state index contributed by atoms with van der Waals surface area (Å²) in [6, 6.07) is 12.7. The highest BCUT2D eigenvalue weighted by atomic mass is 32.2. The number of nitrogens with one attached hydrogen (secondary N) is 2. The van der Waals surface area contributed by atoms with Crippen LogP contribution in [0, 0.1) is 0 Å². The summed E-state index contributed by atoms with van der Waals surface area (Å²) < 4.78 is 37.4. The lowest BCUT2D eigenvalue weighted by Crippen LogP contribution is -2.36. The molecule has 2 N–H and O–H groups in total. The van der Waals surface area contributed by atoms with Crippen molar-refractivity contribution >= 4 is 16.0 Å². The normalized spacial score (nSPS) is 15.0. The third-order valence-electron chi connectivity index (χ3n) is 5.22. The van der Waals surface area contributed by atoms with E-state index in [-0.39, 0.29) is 0 Å². The number of hydrogen-bond donors (Lipinski definition) is 2. The zero-order valence-electron chi connectivity index (χ0n) is 18.2. The molecule has 0 atom stereocenters. The quantitative estimate of drug-likeness (QED) is 0.478. The molecule has 0 saturated carbocycles. The summed E-state index contributed by atoms with van der Waals surface area (Å²) in [4.78, 5) is 4.58. The number of nitrogens with zero attached hydrogens (tertiary/aromatic N) is 2. The van der Waals surface area contributed by atoms with Crippen LogP contribution in [0.3, 0.4) is 0 Å². The fourth-order valence-corrected chi connectivity index (χ4v) is 4.96. The van der Waals surface area contributed by atoms with E-state index >= 15 is 0 Å². The molecule has 0 aromatic heterocycles. The standard InChI is InChI=1S/C22H30N4O4S/c1-23-22(25-16-18-8-11-20(29-2)21(14-18)30-3)24-15-17-6-9-19(10-7-17)31(27,28)26-12-4-5-13-26/h6-11,14H,4-5,12-13,15-16H2,1-3H3,(H2,23,24,25). The highest BCUT2D eigenvalue weighted by Gasteiger charge is 2.26. The summed E-state index contributed by atoms with van der Waals surface area (Å²) in [5.41, 5.74) is 1.99. The first-order chi connectivity index (χ1) is 15.0. The third kappa shape index (κ3) is 5.68. The Balaban J connectivity index is 1.55. The number of rotatable bonds is 8. The van der Waals surface area contributed by atoms with Gasteiger partial charge in [-0.15, -0.1) is 0 Å². The third-order valence-corrected chi connectivity index (χ3v) is 7.13. The Morgan fingerprint density at radius 1 is 0.935 bits per heavy atom. The van der Waals surface area contributed by atoms with Gasteiger partial charge in [-0.1, -0.05) is 18.2 Å². The zero-order valence-corrected chi connectivity index (χ0v) is 19.0. The van der Waals surface area contributed by atoms with Crippen LogP contribution in [0.15, 0.2) is 52.4 Å². The largest absolute Gasteiger partial charge is 0.493 e. The SMILES string of the molecule is CN=C(NCc1ccc(S(=O)(=O)N2CCCC2)cc1)NCc1ccc(OC)c(OC)c1. The van der Waals surface area contributed by atoms with E-state index in [1.54, 1.807) is 37.7 Å². The highest BCUT2D eigenvalue weighted by molar-refractivity contribution is 7.89. The van der Waals surface area contributed by atoms with Crippen LogP contribution < -0.4 is 20.1 Å². The second kappa shape index (κ2) is 10.5. The number of methoxy groups -OCH3 is 2. The average molecular weight is 447 g/mol. The Morgan fingerprint density at radius 3 is 2.10 bits per heavy atom. The molecule has 1 aliphatic rings. The van der Waals surface area contributed by atoms with E-state index < -0.39 is 10.0 Å². The molecule has 0 amide bonds. The van der Waals surface area contributed by atoms with Gasteiger partial charge in [0.25, 0.3) is 0 Å². The van der Waals surface area contributed by atoms with E-state index in [1.807, 2.05) is 30.3 Å². The summed E-state index contributed by atoms with van der Waals surface area (Å²) in [6.07, 6.45) is 1.85. The Kier molecular flexibility index (Phi) is 7.75. The predicted molar refractivity (Wildman–Crippen MR) is 121 cm³/mol. The zero-order chi connectivity index (χ0) is 22.3. The number of sulfonamides is 1. The lowest BCUT2D eigenvalue weighted by atomic mass is 10.2. The number of guanidine groups is 1. The van der Waals surface area contributed by atoms with Crippen molar-refractivity contribution in [2.45, 2.75) is 30.8 Å². The molecule has 9 heteroatoms. The molecule has 168 valence electrons. The molecule has 1 heterocycles. The maximum Gasteiger partial charge on any atom is 0.243 e. The predicted octanol–water partition coefficient (Wildman–Crippen LogP) is 2.35. The first kappa shape index (κ1) is 22.9. The summed E-state index contributed by atoms with van der Waals surface area (Å²) in [7, 11) is 1.54. The minimum atomic E-state index is -3.38. The van der Waals surface area contributed by atoms with Crippen LogP contribution in [0.4, 0.5) is 0 Å². The molecule has 2 aromatic rings. The van der Waals surface area contributed by atoms with Gasteiger partial charge < -0.3 is 20.1 Å². The molecular formula is C22H30N4O4S. The number of aliphatic imine (C=N–C) groups is 1. The lowest BCUT2D eigenvalue weighted by Gasteiger charge is -2.16. The van der Waals surface area contributed by atoms with Crippen molar-refractivity contribution < 1.29 is 17.9 Å². The summed E-state index contributed by atoms with van der Waals surface area (Å²) in [5, 5.41) is 6.50. The minimum Gasteiger partial charge on any atom is -0.493 e. The molecule has 0 radical (unpaired) electrons. The molecule has 1 saturated heterocycles. The van der Waals surface area contributed by atoms with Crippen LogP contribution in [0.5, 0.6) is 11.5 Å². The molecule has 3 rings (SSSR count). The Morgan fingerprint density at radius 2 is 1.52 bits per heavy atom. The van der Waals surface area contributed by atoms with Gasteiger partial charge in [-0.3, -0.25) is 4.99 Å². The molecule has 0 spiro atoms. The molecule has 31 heavy (non-hydrogen) atoms. The Hall–Kier alpha value is -2.78. The van der Waals surface area contributed by atoms with E-state index in [1.165, 1.54) is 0 Å². The number of benzene rings is 2. The smallest absolute Gasteiger partial charge is 0.243 e. The van der Waals surface area contributed by atoms with Crippen molar-refractivity contribution in [3.8, 4) is 11.5 Å². The monoisotopic (exact) mass is 446 g/mol. The van der Waals surface area contributed by atoms with E-state index in [4.69, 9.17) is 9.47 Å². The van der Waals surface area contributed by atoms with Gasteiger partial charge in [0.15, 0.2) is 17.5 Å². The average Bonchev–Trinajstić information content (AvgIpc) is 3.35. The molecule has 8 nitrogen and oxygen atoms in total. The lowest BCUT2D eigenvalue weighted by molar-refractivity contribution is 0.354. The van der Waals surface area contributed by atoms with E-state index in [0.717, 1.165) is 24.0 Å². The van der Waals surface area contributed by atoms with Crippen molar-refractivity contribution in [3.63, 3.8) is 0 Å². The van der Waals surface area contributed by atoms with E-state index in [2.05, 4.69) is 15.6 Å². The summed E-state index contributed by atoms with van der Waals surface area (Å²) in [5.74, 6) is 2.00. The molecule has 2 aromatic carbocycles. The van der Waals surface area contributed by atoms with Crippen LogP contribution in [-0.4, -0.2) is 53.0 Å². The van der Waals surface area contributed by atoms with Crippen molar-refractivity contribution in [2.75, 3.05) is 34.4 Å². The van der Waals surface area contributed by atoms with Crippen molar-refractivity contribution in [1.29, 1.82) is 0 Å². The van der Waals surface area contributed by atoms with E-state index in [9.17, 15) is 8.42 Å². The van der Waals surface area contributed by atoms with Gasteiger partial charge in [-0.2, -0.15) is 4.31 Å². The number of ether oxygens (including phenoxy) is 2. The molecule has 1 aliphatic heterocycles. The highest BCUT2D eigenvalue weighted by Crippen LogP contribution is 2.27. The van der Waals surface area contributed by atoms with Crippen LogP contribution in [-0.2, 0) is 23.1 Å². The molecule has 0 aliphatic carbocycles. The maximum absolute atomic E-state index is 12.6. The molecule has 0 bridgehead atoms. The second-order valence-corrected chi connectivity index (χ2v) is 9.16. The van der Waals surface area contributed by atoms with Crippen molar-refractivity contribution in [3.05, 3.63) is 53.6 Å². The first-order valence-electron chi connectivity index (χ1n) is 10.2.